The van der Waals surface area contributed by atoms with E-state index in [0.29, 0.717) is 4.88 Å². The molecule has 0 aliphatic rings. The molecule has 0 amide bonds. The van der Waals surface area contributed by atoms with Gasteiger partial charge in [0.25, 0.3) is 0 Å². The smallest absolute Gasteiger partial charge is 0.349 e. The molecule has 1 unspecified atom stereocenters. The van der Waals surface area contributed by atoms with Crippen LogP contribution in [0.5, 0.6) is 0 Å². The van der Waals surface area contributed by atoms with E-state index in [1.807, 2.05) is 39.1 Å². The summed E-state index contributed by atoms with van der Waals surface area (Å²) in [5, 5.41) is 1.88. The van der Waals surface area contributed by atoms with E-state index in [0.717, 1.165) is 12.0 Å². The van der Waals surface area contributed by atoms with Crippen LogP contribution in [0, 0.1) is 0 Å². The van der Waals surface area contributed by atoms with Gasteiger partial charge < -0.3 is 10.5 Å². The maximum Gasteiger partial charge on any atom is 0.349 e. The molecule has 3 nitrogen and oxygen atoms in total. The van der Waals surface area contributed by atoms with E-state index in [1.54, 1.807) is 0 Å². The van der Waals surface area contributed by atoms with Crippen LogP contribution < -0.4 is 5.73 Å². The van der Waals surface area contributed by atoms with Crippen molar-refractivity contribution in [3.63, 3.8) is 0 Å². The second kappa shape index (κ2) is 4.97. The molecule has 0 spiro atoms. The molecular formula is C12H19NO2S. The Hall–Kier alpha value is -0.870. The highest BCUT2D eigenvalue weighted by atomic mass is 32.1. The molecule has 1 aromatic rings. The molecule has 1 aromatic heterocycles. The summed E-state index contributed by atoms with van der Waals surface area (Å²) < 4.78 is 5.33. The van der Waals surface area contributed by atoms with Crippen LogP contribution >= 0.6 is 11.3 Å². The lowest BCUT2D eigenvalue weighted by Crippen LogP contribution is -2.24. The van der Waals surface area contributed by atoms with E-state index < -0.39 is 5.60 Å². The molecule has 1 heterocycles. The number of thiophene rings is 1. The molecular weight excluding hydrogens is 222 g/mol. The van der Waals surface area contributed by atoms with Crippen LogP contribution in [0.3, 0.4) is 0 Å². The second-order valence-electron chi connectivity index (χ2n) is 4.72. The van der Waals surface area contributed by atoms with Crippen LogP contribution in [0.1, 0.15) is 55.4 Å². The third-order valence-corrected chi connectivity index (χ3v) is 3.03. The van der Waals surface area contributed by atoms with Gasteiger partial charge in [-0.2, -0.15) is 0 Å². The maximum absolute atomic E-state index is 11.9. The van der Waals surface area contributed by atoms with Gasteiger partial charge in [-0.15, -0.1) is 11.3 Å². The van der Waals surface area contributed by atoms with E-state index in [4.69, 9.17) is 10.5 Å². The lowest BCUT2D eigenvalue weighted by atomic mass is 10.1. The highest BCUT2D eigenvalue weighted by Gasteiger charge is 2.23. The minimum absolute atomic E-state index is 0.0891. The molecule has 90 valence electrons. The van der Waals surface area contributed by atoms with Crippen molar-refractivity contribution in [2.45, 2.75) is 45.8 Å². The zero-order chi connectivity index (χ0) is 12.3. The van der Waals surface area contributed by atoms with Crippen molar-refractivity contribution in [2.24, 2.45) is 5.73 Å². The molecule has 1 atom stereocenters. The van der Waals surface area contributed by atoms with Gasteiger partial charge in [-0.05, 0) is 44.2 Å². The normalized spacial score (nSPS) is 13.6. The van der Waals surface area contributed by atoms with Gasteiger partial charge in [-0.1, -0.05) is 6.92 Å². The maximum atomic E-state index is 11.9. The number of carbonyl (C=O) groups excluding carboxylic acids is 1. The minimum atomic E-state index is -0.464. The van der Waals surface area contributed by atoms with Gasteiger partial charge in [-0.25, -0.2) is 4.79 Å². The summed E-state index contributed by atoms with van der Waals surface area (Å²) in [6.45, 7) is 7.58. The van der Waals surface area contributed by atoms with Gasteiger partial charge in [0.15, 0.2) is 0 Å². The number of ether oxygens (including phenoxy) is 1. The Balaban J connectivity index is 2.88. The van der Waals surface area contributed by atoms with E-state index in [9.17, 15) is 4.79 Å². The van der Waals surface area contributed by atoms with Crippen molar-refractivity contribution in [3.05, 3.63) is 21.9 Å². The molecule has 1 rings (SSSR count). The molecule has 0 aromatic carbocycles. The SMILES string of the molecule is CCC(N)c1ccsc1C(=O)OC(C)(C)C. The third kappa shape index (κ3) is 3.32. The molecule has 2 N–H and O–H groups in total. The average Bonchev–Trinajstić information content (AvgIpc) is 2.62. The Morgan fingerprint density at radius 2 is 2.19 bits per heavy atom. The van der Waals surface area contributed by atoms with Gasteiger partial charge in [0.05, 0.1) is 0 Å². The molecule has 0 fully saturated rings. The fraction of sp³-hybridized carbons (Fsp3) is 0.583. The zero-order valence-electron chi connectivity index (χ0n) is 10.2. The second-order valence-corrected chi connectivity index (χ2v) is 5.64. The first-order chi connectivity index (χ1) is 7.35. The number of rotatable bonds is 3. The Morgan fingerprint density at radius 3 is 2.69 bits per heavy atom. The van der Waals surface area contributed by atoms with E-state index in [-0.39, 0.29) is 12.0 Å². The van der Waals surface area contributed by atoms with Crippen LogP contribution in [0.15, 0.2) is 11.4 Å². The predicted molar refractivity (Wildman–Crippen MR) is 66.7 cm³/mol. The Bertz CT molecular complexity index is 365. The van der Waals surface area contributed by atoms with Crippen LogP contribution in [0.2, 0.25) is 0 Å². The summed E-state index contributed by atoms with van der Waals surface area (Å²) in [5.41, 5.74) is 6.37. The molecule has 0 radical (unpaired) electrons. The molecule has 0 aliphatic heterocycles. The molecule has 16 heavy (non-hydrogen) atoms. The van der Waals surface area contributed by atoms with Gasteiger partial charge in [0.2, 0.25) is 0 Å². The average molecular weight is 241 g/mol. The van der Waals surface area contributed by atoms with Gasteiger partial charge in [-0.3, -0.25) is 0 Å². The van der Waals surface area contributed by atoms with Gasteiger partial charge >= 0.3 is 5.97 Å². The number of esters is 1. The van der Waals surface area contributed by atoms with Crippen molar-refractivity contribution in [1.29, 1.82) is 0 Å². The van der Waals surface area contributed by atoms with Crippen LogP contribution in [0.4, 0.5) is 0 Å². The Kier molecular flexibility index (Phi) is 4.10. The largest absolute Gasteiger partial charge is 0.456 e. The van der Waals surface area contributed by atoms with Crippen molar-refractivity contribution in [2.75, 3.05) is 0 Å². The number of hydrogen-bond acceptors (Lipinski definition) is 4. The van der Waals surface area contributed by atoms with E-state index in [2.05, 4.69) is 0 Å². The number of hydrogen-bond donors (Lipinski definition) is 1. The lowest BCUT2D eigenvalue weighted by molar-refractivity contribution is 0.00737. The van der Waals surface area contributed by atoms with Crippen LogP contribution in [-0.4, -0.2) is 11.6 Å². The van der Waals surface area contributed by atoms with Crippen molar-refractivity contribution in [1.82, 2.24) is 0 Å². The van der Waals surface area contributed by atoms with Gasteiger partial charge in [0.1, 0.15) is 10.5 Å². The Morgan fingerprint density at radius 1 is 1.56 bits per heavy atom. The molecule has 0 bridgehead atoms. The lowest BCUT2D eigenvalue weighted by Gasteiger charge is -2.20. The number of nitrogens with two attached hydrogens (primary N) is 1. The summed E-state index contributed by atoms with van der Waals surface area (Å²) in [5.74, 6) is -0.276. The van der Waals surface area contributed by atoms with E-state index >= 15 is 0 Å². The monoisotopic (exact) mass is 241 g/mol. The molecule has 0 saturated carbocycles. The van der Waals surface area contributed by atoms with Crippen LogP contribution in [0.25, 0.3) is 0 Å². The van der Waals surface area contributed by atoms with Crippen molar-refractivity contribution >= 4 is 17.3 Å². The topological polar surface area (TPSA) is 52.3 Å². The van der Waals surface area contributed by atoms with Gasteiger partial charge in [0, 0.05) is 6.04 Å². The summed E-state index contributed by atoms with van der Waals surface area (Å²) in [4.78, 5) is 12.5. The third-order valence-electron chi connectivity index (χ3n) is 2.12. The Labute approximate surface area is 101 Å². The summed E-state index contributed by atoms with van der Waals surface area (Å²) in [7, 11) is 0. The first kappa shape index (κ1) is 13.2. The fourth-order valence-corrected chi connectivity index (χ4v) is 2.17. The highest BCUT2D eigenvalue weighted by molar-refractivity contribution is 7.12. The quantitative estimate of drug-likeness (QED) is 0.827. The standard InChI is InChI=1S/C12H19NO2S/c1-5-9(13)8-6-7-16-10(8)11(14)15-12(2,3)4/h6-7,9H,5,13H2,1-4H3. The fourth-order valence-electron chi connectivity index (χ4n) is 1.32. The molecule has 0 aliphatic carbocycles. The highest BCUT2D eigenvalue weighted by Crippen LogP contribution is 2.26. The first-order valence-corrected chi connectivity index (χ1v) is 6.29. The summed E-state index contributed by atoms with van der Waals surface area (Å²) >= 11 is 1.39. The predicted octanol–water partition coefficient (Wildman–Crippen LogP) is 3.11. The summed E-state index contributed by atoms with van der Waals surface area (Å²) in [6.07, 6.45) is 0.812. The van der Waals surface area contributed by atoms with Crippen molar-refractivity contribution in [3.8, 4) is 0 Å². The zero-order valence-corrected chi connectivity index (χ0v) is 11.1. The van der Waals surface area contributed by atoms with Crippen LogP contribution in [-0.2, 0) is 4.74 Å². The minimum Gasteiger partial charge on any atom is -0.456 e. The molecule has 0 saturated heterocycles. The summed E-state index contributed by atoms with van der Waals surface area (Å²) in [6, 6.07) is 1.81. The van der Waals surface area contributed by atoms with E-state index in [1.165, 1.54) is 11.3 Å². The molecule has 4 heteroatoms. The number of carbonyl (C=O) groups is 1. The van der Waals surface area contributed by atoms with Crippen molar-refractivity contribution < 1.29 is 9.53 Å². The first-order valence-electron chi connectivity index (χ1n) is 5.41.